The van der Waals surface area contributed by atoms with Gasteiger partial charge in [0.05, 0.1) is 5.92 Å². The predicted molar refractivity (Wildman–Crippen MR) is 45.7 cm³/mol. The lowest BCUT2D eigenvalue weighted by molar-refractivity contribution is -0.142. The van der Waals surface area contributed by atoms with Gasteiger partial charge in [-0.1, -0.05) is 19.8 Å². The van der Waals surface area contributed by atoms with E-state index in [9.17, 15) is 4.79 Å². The summed E-state index contributed by atoms with van der Waals surface area (Å²) in [7, 11) is 0. The molecule has 0 amide bonds. The summed E-state index contributed by atoms with van der Waals surface area (Å²) < 4.78 is 0. The molecular formula is C10H16O2. The summed E-state index contributed by atoms with van der Waals surface area (Å²) in [6.07, 6.45) is 5.22. The van der Waals surface area contributed by atoms with Crippen LogP contribution in [0, 0.1) is 23.7 Å². The molecular weight excluding hydrogens is 152 g/mol. The van der Waals surface area contributed by atoms with Crippen LogP contribution < -0.4 is 0 Å². The third kappa shape index (κ3) is 1.13. The van der Waals surface area contributed by atoms with E-state index in [4.69, 9.17) is 5.11 Å². The van der Waals surface area contributed by atoms with Crippen LogP contribution in [0.5, 0.6) is 0 Å². The van der Waals surface area contributed by atoms with Gasteiger partial charge in [-0.3, -0.25) is 4.79 Å². The number of fused-ring (bicyclic) bond motifs is 1. The number of carboxylic acid groups (broad SMARTS) is 1. The number of carbonyl (C=O) groups is 1. The zero-order valence-electron chi connectivity index (χ0n) is 7.49. The molecule has 0 spiro atoms. The summed E-state index contributed by atoms with van der Waals surface area (Å²) in [5, 5.41) is 8.84. The fraction of sp³-hybridized carbons (Fsp3) is 0.900. The zero-order chi connectivity index (χ0) is 8.72. The monoisotopic (exact) mass is 168 g/mol. The number of hydrogen-bond acceptors (Lipinski definition) is 1. The van der Waals surface area contributed by atoms with E-state index in [-0.39, 0.29) is 5.92 Å². The van der Waals surface area contributed by atoms with Crippen molar-refractivity contribution in [2.45, 2.75) is 32.6 Å². The van der Waals surface area contributed by atoms with Crippen molar-refractivity contribution in [1.82, 2.24) is 0 Å². The second-order valence-electron chi connectivity index (χ2n) is 4.32. The Balaban J connectivity index is 1.95. The SMILES string of the molecule is C[C@H](C(=O)O)C1C2CCCCC21. The molecule has 2 aliphatic rings. The summed E-state index contributed by atoms with van der Waals surface area (Å²) in [6.45, 7) is 1.87. The highest BCUT2D eigenvalue weighted by atomic mass is 16.4. The second-order valence-corrected chi connectivity index (χ2v) is 4.32. The van der Waals surface area contributed by atoms with Crippen LogP contribution in [0.25, 0.3) is 0 Å². The van der Waals surface area contributed by atoms with E-state index < -0.39 is 5.97 Å². The van der Waals surface area contributed by atoms with Gasteiger partial charge in [0.2, 0.25) is 0 Å². The lowest BCUT2D eigenvalue weighted by atomic mass is 10.0. The maximum Gasteiger partial charge on any atom is 0.306 e. The standard InChI is InChI=1S/C10H16O2/c1-6(10(11)12)9-7-4-2-3-5-8(7)9/h6-9H,2-5H2,1H3,(H,11,12)/t6-,7?,8?,9?/m0/s1. The third-order valence-corrected chi connectivity index (χ3v) is 3.69. The van der Waals surface area contributed by atoms with Crippen LogP contribution in [-0.4, -0.2) is 11.1 Å². The maximum absolute atomic E-state index is 10.7. The van der Waals surface area contributed by atoms with Gasteiger partial charge >= 0.3 is 5.97 Å². The van der Waals surface area contributed by atoms with Gasteiger partial charge in [-0.2, -0.15) is 0 Å². The minimum atomic E-state index is -0.602. The van der Waals surface area contributed by atoms with Crippen LogP contribution in [0.15, 0.2) is 0 Å². The molecule has 0 heterocycles. The first-order valence-corrected chi connectivity index (χ1v) is 4.94. The van der Waals surface area contributed by atoms with Crippen molar-refractivity contribution in [3.63, 3.8) is 0 Å². The molecule has 2 fully saturated rings. The topological polar surface area (TPSA) is 37.3 Å². The van der Waals surface area contributed by atoms with Crippen molar-refractivity contribution in [3.8, 4) is 0 Å². The van der Waals surface area contributed by atoms with Gasteiger partial charge in [0.1, 0.15) is 0 Å². The molecule has 2 nitrogen and oxygen atoms in total. The summed E-state index contributed by atoms with van der Waals surface area (Å²) in [6, 6.07) is 0. The zero-order valence-corrected chi connectivity index (χ0v) is 7.49. The van der Waals surface area contributed by atoms with Crippen molar-refractivity contribution in [1.29, 1.82) is 0 Å². The van der Waals surface area contributed by atoms with Crippen LogP contribution in [0.2, 0.25) is 0 Å². The van der Waals surface area contributed by atoms with Gasteiger partial charge in [0.25, 0.3) is 0 Å². The van der Waals surface area contributed by atoms with Crippen LogP contribution in [0.1, 0.15) is 32.6 Å². The Morgan fingerprint density at radius 1 is 1.33 bits per heavy atom. The lowest BCUT2D eigenvalue weighted by Crippen LogP contribution is -2.13. The summed E-state index contributed by atoms with van der Waals surface area (Å²) in [4.78, 5) is 10.7. The van der Waals surface area contributed by atoms with E-state index in [0.29, 0.717) is 5.92 Å². The molecule has 1 N–H and O–H groups in total. The number of hydrogen-bond donors (Lipinski definition) is 1. The Labute approximate surface area is 73.0 Å². The molecule has 0 saturated heterocycles. The molecule has 0 radical (unpaired) electrons. The normalized spacial score (nSPS) is 41.6. The second kappa shape index (κ2) is 2.75. The quantitative estimate of drug-likeness (QED) is 0.686. The highest BCUT2D eigenvalue weighted by molar-refractivity contribution is 5.70. The molecule has 3 atom stereocenters. The number of carboxylic acids is 1. The Morgan fingerprint density at radius 2 is 1.83 bits per heavy atom. The average Bonchev–Trinajstić information content (AvgIpc) is 2.76. The van der Waals surface area contributed by atoms with Crippen molar-refractivity contribution in [2.24, 2.45) is 23.7 Å². The maximum atomic E-state index is 10.7. The first kappa shape index (κ1) is 8.09. The van der Waals surface area contributed by atoms with E-state index in [0.717, 1.165) is 11.8 Å². The van der Waals surface area contributed by atoms with E-state index in [1.54, 1.807) is 0 Å². The van der Waals surface area contributed by atoms with Gasteiger partial charge in [0, 0.05) is 0 Å². The highest BCUT2D eigenvalue weighted by Gasteiger charge is 2.54. The number of aliphatic carboxylic acids is 1. The molecule has 0 aromatic carbocycles. The van der Waals surface area contributed by atoms with Gasteiger partial charge < -0.3 is 5.11 Å². The highest BCUT2D eigenvalue weighted by Crippen LogP contribution is 2.58. The van der Waals surface area contributed by atoms with Crippen molar-refractivity contribution >= 4 is 5.97 Å². The van der Waals surface area contributed by atoms with E-state index >= 15 is 0 Å². The molecule has 0 aromatic rings. The summed E-state index contributed by atoms with van der Waals surface area (Å²) in [5.41, 5.74) is 0. The fourth-order valence-corrected chi connectivity index (χ4v) is 2.95. The predicted octanol–water partition coefficient (Wildman–Crippen LogP) is 2.14. The average molecular weight is 168 g/mol. The minimum absolute atomic E-state index is 0.0990. The summed E-state index contributed by atoms with van der Waals surface area (Å²) >= 11 is 0. The molecule has 2 rings (SSSR count). The molecule has 68 valence electrons. The largest absolute Gasteiger partial charge is 0.481 e. The lowest BCUT2D eigenvalue weighted by Gasteiger charge is -2.04. The molecule has 2 heteroatoms. The van der Waals surface area contributed by atoms with E-state index in [1.807, 2.05) is 6.92 Å². The van der Waals surface area contributed by atoms with Crippen LogP contribution in [0.4, 0.5) is 0 Å². The van der Waals surface area contributed by atoms with Crippen LogP contribution >= 0.6 is 0 Å². The fourth-order valence-electron chi connectivity index (χ4n) is 2.95. The molecule has 0 aromatic heterocycles. The van der Waals surface area contributed by atoms with Crippen molar-refractivity contribution in [3.05, 3.63) is 0 Å². The first-order chi connectivity index (χ1) is 5.72. The van der Waals surface area contributed by atoms with Crippen LogP contribution in [0.3, 0.4) is 0 Å². The molecule has 2 saturated carbocycles. The van der Waals surface area contributed by atoms with Crippen LogP contribution in [-0.2, 0) is 4.79 Å². The van der Waals surface area contributed by atoms with Crippen molar-refractivity contribution < 1.29 is 9.90 Å². The Kier molecular flexibility index (Phi) is 1.85. The van der Waals surface area contributed by atoms with Gasteiger partial charge in [0.15, 0.2) is 0 Å². The van der Waals surface area contributed by atoms with Gasteiger partial charge in [-0.25, -0.2) is 0 Å². The molecule has 12 heavy (non-hydrogen) atoms. The molecule has 0 aliphatic heterocycles. The Morgan fingerprint density at radius 3 is 2.25 bits per heavy atom. The first-order valence-electron chi connectivity index (χ1n) is 4.94. The molecule has 0 bridgehead atoms. The molecule has 2 aliphatic carbocycles. The number of rotatable bonds is 2. The molecule has 2 unspecified atom stereocenters. The van der Waals surface area contributed by atoms with E-state index in [2.05, 4.69) is 0 Å². The van der Waals surface area contributed by atoms with Gasteiger partial charge in [-0.05, 0) is 30.6 Å². The minimum Gasteiger partial charge on any atom is -0.481 e. The van der Waals surface area contributed by atoms with Crippen molar-refractivity contribution in [2.75, 3.05) is 0 Å². The smallest absolute Gasteiger partial charge is 0.306 e. The third-order valence-electron chi connectivity index (χ3n) is 3.69. The Hall–Kier alpha value is -0.530. The van der Waals surface area contributed by atoms with Gasteiger partial charge in [-0.15, -0.1) is 0 Å². The van der Waals surface area contributed by atoms with E-state index in [1.165, 1.54) is 25.7 Å². The Bertz CT molecular complexity index is 188. The summed E-state index contributed by atoms with van der Waals surface area (Å²) in [5.74, 6) is 1.35.